The number of esters is 3. The number of hydrogen-bond acceptors (Lipinski definition) is 6. The van der Waals surface area contributed by atoms with Crippen LogP contribution in [-0.4, -0.2) is 37.2 Å². The molecule has 0 radical (unpaired) electrons. The van der Waals surface area contributed by atoms with Crippen LogP contribution in [0.4, 0.5) is 0 Å². The molecule has 0 bridgehead atoms. The molecule has 6 heteroatoms. The van der Waals surface area contributed by atoms with Gasteiger partial charge in [0.05, 0.1) is 0 Å². The highest BCUT2D eigenvalue weighted by atomic mass is 16.6. The fraction of sp³-hybridized carbons (Fsp3) is 0.738. The van der Waals surface area contributed by atoms with Crippen molar-refractivity contribution in [1.29, 1.82) is 0 Å². The summed E-state index contributed by atoms with van der Waals surface area (Å²) < 4.78 is 16.9. The second-order valence-corrected chi connectivity index (χ2v) is 19.9. The summed E-state index contributed by atoms with van der Waals surface area (Å²) in [6, 6.07) is 0. The zero-order valence-corrected chi connectivity index (χ0v) is 46.7. The molecule has 0 saturated carbocycles. The van der Waals surface area contributed by atoms with Gasteiger partial charge in [-0.1, -0.05) is 234 Å². The Morgan fingerprint density at radius 2 is 0.507 bits per heavy atom. The maximum atomic E-state index is 12.9. The lowest BCUT2D eigenvalue weighted by Crippen LogP contribution is -2.30. The van der Waals surface area contributed by atoms with Gasteiger partial charge in [0.2, 0.25) is 0 Å². The van der Waals surface area contributed by atoms with Crippen molar-refractivity contribution >= 4 is 17.9 Å². The average molecular weight is 990 g/mol. The predicted molar refractivity (Wildman–Crippen MR) is 307 cm³/mol. The Bertz CT molecular complexity index is 1370. The van der Waals surface area contributed by atoms with E-state index in [9.17, 15) is 14.4 Å². The summed E-state index contributed by atoms with van der Waals surface area (Å²) in [6.45, 7) is 6.56. The van der Waals surface area contributed by atoms with E-state index in [-0.39, 0.29) is 31.1 Å². The van der Waals surface area contributed by atoms with E-state index in [0.717, 1.165) is 109 Å². The molecule has 0 aromatic carbocycles. The Hall–Kier alpha value is -3.41. The fourth-order valence-electron chi connectivity index (χ4n) is 8.27. The first-order chi connectivity index (χ1) is 35.0. The minimum atomic E-state index is -0.798. The van der Waals surface area contributed by atoms with Crippen LogP contribution in [-0.2, 0) is 28.6 Å². The van der Waals surface area contributed by atoms with Gasteiger partial charge < -0.3 is 14.2 Å². The summed E-state index contributed by atoms with van der Waals surface area (Å²) in [5.41, 5.74) is 0. The smallest absolute Gasteiger partial charge is 0.306 e. The van der Waals surface area contributed by atoms with E-state index in [4.69, 9.17) is 14.2 Å². The van der Waals surface area contributed by atoms with Gasteiger partial charge in [-0.15, -0.1) is 0 Å². The first kappa shape index (κ1) is 67.6. The lowest BCUT2D eigenvalue weighted by molar-refractivity contribution is -0.167. The molecule has 0 spiro atoms. The number of allylic oxidation sites excluding steroid dienone is 14. The minimum Gasteiger partial charge on any atom is -0.462 e. The SMILES string of the molecule is CCCCC/C=C\C/C=C\C/C=C\C/C=C\CCCCCC(=O)OC[C@H](COC(=O)CCCCCCC/C=C\C/C=C\CCCCC)OC(=O)CCCCCCCCCCC/C=C\CCCCCCCC. The molecule has 0 heterocycles. The van der Waals surface area contributed by atoms with Crippen molar-refractivity contribution in [2.75, 3.05) is 13.2 Å². The van der Waals surface area contributed by atoms with Crippen molar-refractivity contribution < 1.29 is 28.6 Å². The van der Waals surface area contributed by atoms with Crippen molar-refractivity contribution in [3.05, 3.63) is 85.1 Å². The standard InChI is InChI=1S/C65H112O6/c1-4-7-10-13-16-19-22-25-28-30-32-34-37-40-43-46-49-52-55-58-64(67)70-61-62(60-69-63(66)57-54-51-48-45-42-39-36-27-24-21-18-15-12-9-6-3)71-65(68)59-56-53-50-47-44-41-38-35-33-31-29-26-23-20-17-14-11-8-5-2/h16,18-19,21,25-29,32,34,36,40,43,62H,4-15,17,20,22-24,30-31,33,35,37-39,41-42,44-61H2,1-3H3/b19-16-,21-18-,28-25-,29-26-,34-32-,36-27-,43-40-/t62-/m0/s1. The van der Waals surface area contributed by atoms with Crippen molar-refractivity contribution in [2.24, 2.45) is 0 Å². The molecular formula is C65H112O6. The summed E-state index contributed by atoms with van der Waals surface area (Å²) in [4.78, 5) is 38.2. The van der Waals surface area contributed by atoms with Gasteiger partial charge in [-0.05, 0) is 122 Å². The minimum absolute atomic E-state index is 0.0946. The Balaban J connectivity index is 4.45. The van der Waals surface area contributed by atoms with E-state index in [0.29, 0.717) is 19.3 Å². The highest BCUT2D eigenvalue weighted by Gasteiger charge is 2.19. The van der Waals surface area contributed by atoms with Gasteiger partial charge in [0.1, 0.15) is 13.2 Å². The third-order valence-corrected chi connectivity index (χ3v) is 12.8. The molecule has 0 aliphatic carbocycles. The largest absolute Gasteiger partial charge is 0.462 e. The average Bonchev–Trinajstić information content (AvgIpc) is 3.37. The fourth-order valence-corrected chi connectivity index (χ4v) is 8.27. The molecule has 71 heavy (non-hydrogen) atoms. The molecule has 0 rings (SSSR count). The van der Waals surface area contributed by atoms with Crippen LogP contribution in [0.1, 0.15) is 290 Å². The summed E-state index contributed by atoms with van der Waals surface area (Å²) >= 11 is 0. The molecule has 408 valence electrons. The summed E-state index contributed by atoms with van der Waals surface area (Å²) in [5.74, 6) is -0.933. The van der Waals surface area contributed by atoms with Gasteiger partial charge in [0.25, 0.3) is 0 Å². The molecule has 0 amide bonds. The topological polar surface area (TPSA) is 78.9 Å². The van der Waals surface area contributed by atoms with Crippen molar-refractivity contribution in [1.82, 2.24) is 0 Å². The monoisotopic (exact) mass is 989 g/mol. The van der Waals surface area contributed by atoms with Crippen molar-refractivity contribution in [3.8, 4) is 0 Å². The molecule has 0 aromatic heterocycles. The molecule has 1 atom stereocenters. The van der Waals surface area contributed by atoms with Crippen LogP contribution in [0.3, 0.4) is 0 Å². The number of carbonyl (C=O) groups excluding carboxylic acids is 3. The first-order valence-electron chi connectivity index (χ1n) is 30.1. The number of unbranched alkanes of at least 4 members (excludes halogenated alkanes) is 29. The lowest BCUT2D eigenvalue weighted by atomic mass is 10.1. The number of ether oxygens (including phenoxy) is 3. The molecule has 0 fully saturated rings. The molecular weight excluding hydrogens is 877 g/mol. The van der Waals surface area contributed by atoms with E-state index in [1.165, 1.54) is 141 Å². The van der Waals surface area contributed by atoms with Gasteiger partial charge in [0, 0.05) is 19.3 Å². The van der Waals surface area contributed by atoms with E-state index in [1.807, 2.05) is 0 Å². The number of hydrogen-bond donors (Lipinski definition) is 0. The van der Waals surface area contributed by atoms with Gasteiger partial charge in [0.15, 0.2) is 6.10 Å². The number of rotatable bonds is 54. The maximum absolute atomic E-state index is 12.9. The van der Waals surface area contributed by atoms with Gasteiger partial charge in [-0.3, -0.25) is 14.4 Å². The van der Waals surface area contributed by atoms with E-state index in [1.54, 1.807) is 0 Å². The molecule has 0 unspecified atom stereocenters. The Kier molecular flexibility index (Phi) is 56.3. The first-order valence-corrected chi connectivity index (χ1v) is 30.1. The van der Waals surface area contributed by atoms with E-state index in [2.05, 4.69) is 106 Å². The van der Waals surface area contributed by atoms with E-state index >= 15 is 0 Å². The summed E-state index contributed by atoms with van der Waals surface area (Å²) in [6.07, 6.45) is 77.1. The highest BCUT2D eigenvalue weighted by molar-refractivity contribution is 5.71. The van der Waals surface area contributed by atoms with Gasteiger partial charge >= 0.3 is 17.9 Å². The highest BCUT2D eigenvalue weighted by Crippen LogP contribution is 2.15. The van der Waals surface area contributed by atoms with Crippen molar-refractivity contribution in [2.45, 2.75) is 297 Å². The second kappa shape index (κ2) is 59.2. The third kappa shape index (κ3) is 57.4. The summed E-state index contributed by atoms with van der Waals surface area (Å²) in [5, 5.41) is 0. The van der Waals surface area contributed by atoms with E-state index < -0.39 is 6.10 Å². The predicted octanol–water partition coefficient (Wildman–Crippen LogP) is 20.3. The molecule has 0 N–H and O–H groups in total. The second-order valence-electron chi connectivity index (χ2n) is 19.9. The van der Waals surface area contributed by atoms with Crippen LogP contribution in [0.15, 0.2) is 85.1 Å². The zero-order valence-electron chi connectivity index (χ0n) is 46.7. The van der Waals surface area contributed by atoms with Gasteiger partial charge in [-0.25, -0.2) is 0 Å². The maximum Gasteiger partial charge on any atom is 0.306 e. The zero-order chi connectivity index (χ0) is 51.4. The molecule has 0 saturated heterocycles. The Morgan fingerprint density at radius 1 is 0.282 bits per heavy atom. The van der Waals surface area contributed by atoms with Crippen LogP contribution >= 0.6 is 0 Å². The molecule has 0 aliphatic rings. The quantitative estimate of drug-likeness (QED) is 0.0261. The number of carbonyl (C=O) groups is 3. The van der Waals surface area contributed by atoms with Gasteiger partial charge in [-0.2, -0.15) is 0 Å². The van der Waals surface area contributed by atoms with Crippen molar-refractivity contribution in [3.63, 3.8) is 0 Å². The molecule has 6 nitrogen and oxygen atoms in total. The summed E-state index contributed by atoms with van der Waals surface area (Å²) in [7, 11) is 0. The Labute approximate surface area is 439 Å². The van der Waals surface area contributed by atoms with Crippen LogP contribution in [0.25, 0.3) is 0 Å². The Morgan fingerprint density at radius 3 is 0.845 bits per heavy atom. The molecule has 0 aromatic rings. The molecule has 0 aliphatic heterocycles. The van der Waals surface area contributed by atoms with Crippen LogP contribution < -0.4 is 0 Å². The van der Waals surface area contributed by atoms with Crippen LogP contribution in [0, 0.1) is 0 Å². The van der Waals surface area contributed by atoms with Crippen LogP contribution in [0.5, 0.6) is 0 Å². The lowest BCUT2D eigenvalue weighted by Gasteiger charge is -2.18. The van der Waals surface area contributed by atoms with Crippen LogP contribution in [0.2, 0.25) is 0 Å². The normalized spacial score (nSPS) is 12.7. The third-order valence-electron chi connectivity index (χ3n) is 12.8.